The van der Waals surface area contributed by atoms with E-state index in [2.05, 4.69) is 26.8 Å². The molecule has 3 heteroatoms. The molecule has 0 aromatic carbocycles. The summed E-state index contributed by atoms with van der Waals surface area (Å²) < 4.78 is 11.6. The lowest BCUT2D eigenvalue weighted by atomic mass is 9.95. The second kappa shape index (κ2) is 5.80. The van der Waals surface area contributed by atoms with Gasteiger partial charge in [-0.3, -0.25) is 0 Å². The van der Waals surface area contributed by atoms with Gasteiger partial charge in [0, 0.05) is 12.5 Å². The van der Waals surface area contributed by atoms with Gasteiger partial charge in [0.15, 0.2) is 5.79 Å². The van der Waals surface area contributed by atoms with E-state index in [4.69, 9.17) is 15.2 Å². The van der Waals surface area contributed by atoms with Crippen molar-refractivity contribution in [2.75, 3.05) is 13.2 Å². The highest BCUT2D eigenvalue weighted by atomic mass is 16.7. The Morgan fingerprint density at radius 1 is 1.41 bits per heavy atom. The smallest absolute Gasteiger partial charge is 0.163 e. The fourth-order valence-electron chi connectivity index (χ4n) is 2.10. The molecule has 0 bridgehead atoms. The minimum Gasteiger partial charge on any atom is -0.350 e. The Morgan fingerprint density at radius 2 is 2.06 bits per heavy atom. The van der Waals surface area contributed by atoms with Crippen LogP contribution in [0.5, 0.6) is 0 Å². The number of nitrogens with two attached hydrogens (primary N) is 1. The lowest BCUT2D eigenvalue weighted by molar-refractivity contribution is -0.282. The van der Waals surface area contributed by atoms with Gasteiger partial charge in [0.2, 0.25) is 0 Å². The summed E-state index contributed by atoms with van der Waals surface area (Å²) in [7, 11) is 0. The maximum absolute atomic E-state index is 5.98. The van der Waals surface area contributed by atoms with Crippen molar-refractivity contribution in [1.29, 1.82) is 0 Å². The first-order chi connectivity index (χ1) is 7.85. The Bertz CT molecular complexity index is 318. The van der Waals surface area contributed by atoms with Gasteiger partial charge in [-0.2, -0.15) is 0 Å². The number of ether oxygens (including phenoxy) is 2. The molecule has 17 heavy (non-hydrogen) atoms. The van der Waals surface area contributed by atoms with Gasteiger partial charge in [-0.1, -0.05) is 24.6 Å². The summed E-state index contributed by atoms with van der Waals surface area (Å²) in [6.07, 6.45) is 4.29. The summed E-state index contributed by atoms with van der Waals surface area (Å²) in [6.45, 7) is 11.6. The van der Waals surface area contributed by atoms with Crippen LogP contribution < -0.4 is 5.73 Å². The molecule has 0 aromatic heterocycles. The molecule has 0 saturated carbocycles. The lowest BCUT2D eigenvalue weighted by Crippen LogP contribution is -2.45. The molecule has 1 aliphatic heterocycles. The van der Waals surface area contributed by atoms with Gasteiger partial charge in [0.05, 0.1) is 12.7 Å². The van der Waals surface area contributed by atoms with Crippen molar-refractivity contribution in [2.24, 2.45) is 11.7 Å². The van der Waals surface area contributed by atoms with Crippen LogP contribution in [0.3, 0.4) is 0 Å². The third-order valence-corrected chi connectivity index (χ3v) is 2.97. The summed E-state index contributed by atoms with van der Waals surface area (Å²) in [5, 5.41) is 0. The maximum Gasteiger partial charge on any atom is 0.163 e. The molecule has 0 aliphatic carbocycles. The van der Waals surface area contributed by atoms with Gasteiger partial charge in [0.25, 0.3) is 0 Å². The Hall–Kier alpha value is -0.640. The SMILES string of the molecule is CC(=C\CN)/C=C(\C)[C@H]1OC(C)(C)OC[C@@H]1C. The summed E-state index contributed by atoms with van der Waals surface area (Å²) >= 11 is 0. The van der Waals surface area contributed by atoms with Crippen molar-refractivity contribution in [3.63, 3.8) is 0 Å². The van der Waals surface area contributed by atoms with Crippen molar-refractivity contribution < 1.29 is 9.47 Å². The van der Waals surface area contributed by atoms with Gasteiger partial charge in [-0.05, 0) is 33.3 Å². The molecule has 1 saturated heterocycles. The normalized spacial score (nSPS) is 30.5. The summed E-state index contributed by atoms with van der Waals surface area (Å²) in [6, 6.07) is 0. The van der Waals surface area contributed by atoms with E-state index < -0.39 is 5.79 Å². The summed E-state index contributed by atoms with van der Waals surface area (Å²) in [5.74, 6) is -0.109. The van der Waals surface area contributed by atoms with E-state index in [1.807, 2.05) is 19.9 Å². The standard InChI is InChI=1S/C14H25NO2/c1-10(6-7-15)8-11(2)13-12(3)9-16-14(4,5)17-13/h6,8,12-13H,7,9,15H2,1-5H3/b10-6+,11-8+/t12-,13+/m0/s1. The molecule has 1 aliphatic rings. The molecule has 3 nitrogen and oxygen atoms in total. The van der Waals surface area contributed by atoms with Crippen LogP contribution in [0.15, 0.2) is 23.3 Å². The average Bonchev–Trinajstić information content (AvgIpc) is 2.22. The Balaban J connectivity index is 2.79. The first-order valence-corrected chi connectivity index (χ1v) is 6.22. The van der Waals surface area contributed by atoms with Crippen molar-refractivity contribution >= 4 is 0 Å². The fourth-order valence-corrected chi connectivity index (χ4v) is 2.10. The molecule has 0 radical (unpaired) electrons. The van der Waals surface area contributed by atoms with E-state index in [-0.39, 0.29) is 6.10 Å². The highest BCUT2D eigenvalue weighted by molar-refractivity contribution is 5.24. The van der Waals surface area contributed by atoms with Crippen LogP contribution in [0, 0.1) is 5.92 Å². The van der Waals surface area contributed by atoms with Crippen LogP contribution >= 0.6 is 0 Å². The quantitative estimate of drug-likeness (QED) is 0.770. The largest absolute Gasteiger partial charge is 0.350 e. The van der Waals surface area contributed by atoms with Gasteiger partial charge in [-0.25, -0.2) is 0 Å². The van der Waals surface area contributed by atoms with Gasteiger partial charge < -0.3 is 15.2 Å². The highest BCUT2D eigenvalue weighted by Crippen LogP contribution is 2.30. The van der Waals surface area contributed by atoms with Crippen molar-refractivity contribution in [3.05, 3.63) is 23.3 Å². The van der Waals surface area contributed by atoms with Gasteiger partial charge in [-0.15, -0.1) is 0 Å². The molecule has 2 atom stereocenters. The molecule has 0 spiro atoms. The molecule has 1 rings (SSSR count). The number of allylic oxidation sites excluding steroid dienone is 2. The topological polar surface area (TPSA) is 44.5 Å². The lowest BCUT2D eigenvalue weighted by Gasteiger charge is -2.40. The monoisotopic (exact) mass is 239 g/mol. The van der Waals surface area contributed by atoms with E-state index in [0.29, 0.717) is 12.5 Å². The summed E-state index contributed by atoms with van der Waals surface area (Å²) in [4.78, 5) is 0. The van der Waals surface area contributed by atoms with E-state index >= 15 is 0 Å². The molecular weight excluding hydrogens is 214 g/mol. The minimum atomic E-state index is -0.488. The molecule has 0 unspecified atom stereocenters. The zero-order valence-electron chi connectivity index (χ0n) is 11.6. The zero-order chi connectivity index (χ0) is 13.1. The van der Waals surface area contributed by atoms with Crippen LogP contribution in [0.25, 0.3) is 0 Å². The Morgan fingerprint density at radius 3 is 2.65 bits per heavy atom. The third-order valence-electron chi connectivity index (χ3n) is 2.97. The minimum absolute atomic E-state index is 0.125. The van der Waals surface area contributed by atoms with Crippen molar-refractivity contribution in [2.45, 2.75) is 46.5 Å². The Kier molecular flexibility index (Phi) is 4.92. The number of hydrogen-bond acceptors (Lipinski definition) is 3. The summed E-state index contributed by atoms with van der Waals surface area (Å²) in [5.41, 5.74) is 7.91. The van der Waals surface area contributed by atoms with Gasteiger partial charge in [0.1, 0.15) is 0 Å². The average molecular weight is 239 g/mol. The van der Waals surface area contributed by atoms with E-state index in [1.54, 1.807) is 0 Å². The predicted octanol–water partition coefficient (Wildman–Crippen LogP) is 2.63. The molecule has 0 amide bonds. The van der Waals surface area contributed by atoms with E-state index in [0.717, 1.165) is 6.61 Å². The fraction of sp³-hybridized carbons (Fsp3) is 0.714. The Labute approximate surface area is 105 Å². The maximum atomic E-state index is 5.98. The first kappa shape index (κ1) is 14.4. The van der Waals surface area contributed by atoms with E-state index in [1.165, 1.54) is 11.1 Å². The molecule has 98 valence electrons. The first-order valence-electron chi connectivity index (χ1n) is 6.22. The van der Waals surface area contributed by atoms with Crippen LogP contribution in [0.4, 0.5) is 0 Å². The molecular formula is C14H25NO2. The zero-order valence-corrected chi connectivity index (χ0v) is 11.6. The number of rotatable bonds is 3. The highest BCUT2D eigenvalue weighted by Gasteiger charge is 2.34. The van der Waals surface area contributed by atoms with Gasteiger partial charge >= 0.3 is 0 Å². The molecule has 1 heterocycles. The van der Waals surface area contributed by atoms with Crippen molar-refractivity contribution in [1.82, 2.24) is 0 Å². The second-order valence-electron chi connectivity index (χ2n) is 5.30. The van der Waals surface area contributed by atoms with Crippen LogP contribution in [0.2, 0.25) is 0 Å². The number of hydrogen-bond donors (Lipinski definition) is 1. The van der Waals surface area contributed by atoms with Crippen LogP contribution in [-0.4, -0.2) is 25.0 Å². The van der Waals surface area contributed by atoms with Crippen LogP contribution in [-0.2, 0) is 9.47 Å². The van der Waals surface area contributed by atoms with Crippen LogP contribution in [0.1, 0.15) is 34.6 Å². The third kappa shape index (κ3) is 4.26. The predicted molar refractivity (Wildman–Crippen MR) is 70.6 cm³/mol. The molecule has 2 N–H and O–H groups in total. The van der Waals surface area contributed by atoms with E-state index in [9.17, 15) is 0 Å². The second-order valence-corrected chi connectivity index (χ2v) is 5.30. The van der Waals surface area contributed by atoms with Crippen molar-refractivity contribution in [3.8, 4) is 0 Å². The molecule has 0 aromatic rings. The molecule has 1 fully saturated rings.